The Morgan fingerprint density at radius 2 is 1.80 bits per heavy atom. The Hall–Kier alpha value is -2.30. The molecular formula is C16H16O9. The Morgan fingerprint density at radius 3 is 2.44 bits per heavy atom. The molecule has 0 amide bonds. The predicted molar refractivity (Wildman–Crippen MR) is 82.2 cm³/mol. The van der Waals surface area contributed by atoms with E-state index in [2.05, 4.69) is 0 Å². The van der Waals surface area contributed by atoms with Crippen molar-refractivity contribution in [3.05, 3.63) is 45.8 Å². The molecule has 9 nitrogen and oxygen atoms in total. The molecule has 25 heavy (non-hydrogen) atoms. The van der Waals surface area contributed by atoms with Gasteiger partial charge in [-0.05, 0) is 17.7 Å². The van der Waals surface area contributed by atoms with E-state index in [-0.39, 0.29) is 5.58 Å². The lowest BCUT2D eigenvalue weighted by Gasteiger charge is -2.40. The van der Waals surface area contributed by atoms with Gasteiger partial charge in [-0.25, -0.2) is 9.59 Å². The second-order valence-electron chi connectivity index (χ2n) is 5.80. The van der Waals surface area contributed by atoms with E-state index < -0.39 is 54.3 Å². The summed E-state index contributed by atoms with van der Waals surface area (Å²) in [5.74, 6) is -1.41. The van der Waals surface area contributed by atoms with E-state index in [9.17, 15) is 30.0 Å². The van der Waals surface area contributed by atoms with Gasteiger partial charge in [0.25, 0.3) is 0 Å². The van der Waals surface area contributed by atoms with Gasteiger partial charge in [-0.3, -0.25) is 0 Å². The number of benzene rings is 1. The summed E-state index contributed by atoms with van der Waals surface area (Å²) in [6.45, 7) is -0.563. The summed E-state index contributed by atoms with van der Waals surface area (Å²) >= 11 is 0. The van der Waals surface area contributed by atoms with Gasteiger partial charge in [0.1, 0.15) is 41.7 Å². The minimum Gasteiger partial charge on any atom is -0.477 e. The zero-order chi connectivity index (χ0) is 18.3. The topological polar surface area (TPSA) is 158 Å². The maximum atomic E-state index is 11.7. The van der Waals surface area contributed by atoms with Gasteiger partial charge in [-0.1, -0.05) is 12.1 Å². The highest BCUT2D eigenvalue weighted by Crippen LogP contribution is 2.33. The van der Waals surface area contributed by atoms with E-state index >= 15 is 0 Å². The van der Waals surface area contributed by atoms with Crippen molar-refractivity contribution < 1.29 is 39.5 Å². The molecule has 2 aromatic rings. The number of ether oxygens (including phenoxy) is 1. The van der Waals surface area contributed by atoms with Crippen molar-refractivity contribution >= 4 is 16.9 Å². The predicted octanol–water partition coefficient (Wildman–Crippen LogP) is -0.994. The SMILES string of the molecule is O=C(O)c1cc2ccc([C@H]3O[C@H](CO)[C@H](O)[C@H](O)[C@H]3O)cc2oc1=O. The Morgan fingerprint density at radius 1 is 1.08 bits per heavy atom. The van der Waals surface area contributed by atoms with Crippen molar-refractivity contribution in [3.8, 4) is 0 Å². The minimum atomic E-state index is -1.53. The van der Waals surface area contributed by atoms with E-state index in [1.54, 1.807) is 0 Å². The molecule has 0 spiro atoms. The van der Waals surface area contributed by atoms with Crippen molar-refractivity contribution in [2.75, 3.05) is 6.61 Å². The number of aliphatic hydroxyl groups is 4. The molecule has 5 atom stereocenters. The van der Waals surface area contributed by atoms with E-state index in [0.717, 1.165) is 0 Å². The van der Waals surface area contributed by atoms with Gasteiger partial charge >= 0.3 is 11.6 Å². The monoisotopic (exact) mass is 352 g/mol. The number of fused-ring (bicyclic) bond motifs is 1. The average molecular weight is 352 g/mol. The lowest BCUT2D eigenvalue weighted by molar-refractivity contribution is -0.231. The van der Waals surface area contributed by atoms with Crippen LogP contribution in [0.25, 0.3) is 11.0 Å². The second kappa shape index (κ2) is 6.54. The lowest BCUT2D eigenvalue weighted by Crippen LogP contribution is -2.55. The van der Waals surface area contributed by atoms with Crippen LogP contribution in [0.5, 0.6) is 0 Å². The van der Waals surface area contributed by atoms with Gasteiger partial charge in [-0.2, -0.15) is 0 Å². The standard InChI is InChI=1S/C16H16O9/c17-5-10-11(18)12(19)13(20)14(24-10)7-2-1-6-3-8(15(21)22)16(23)25-9(6)4-7/h1-4,10-14,17-20H,5H2,(H,21,22)/t10-,11+,12+,13-,14-/m1/s1. The molecule has 3 rings (SSSR count). The molecule has 5 N–H and O–H groups in total. The van der Waals surface area contributed by atoms with Crippen LogP contribution in [-0.2, 0) is 4.74 Å². The van der Waals surface area contributed by atoms with Gasteiger partial charge in [0, 0.05) is 5.39 Å². The molecule has 1 saturated heterocycles. The number of hydrogen-bond donors (Lipinski definition) is 5. The normalized spacial score (nSPS) is 29.7. The first kappa shape index (κ1) is 17.5. The van der Waals surface area contributed by atoms with E-state index in [4.69, 9.17) is 14.3 Å². The van der Waals surface area contributed by atoms with Crippen LogP contribution in [0.15, 0.2) is 33.5 Å². The largest absolute Gasteiger partial charge is 0.477 e. The molecule has 0 aliphatic carbocycles. The smallest absolute Gasteiger partial charge is 0.351 e. The number of hydrogen-bond acceptors (Lipinski definition) is 8. The van der Waals surface area contributed by atoms with Crippen molar-refractivity contribution in [2.24, 2.45) is 0 Å². The third kappa shape index (κ3) is 3.03. The number of carboxylic acid groups (broad SMARTS) is 1. The van der Waals surface area contributed by atoms with Crippen LogP contribution in [-0.4, -0.2) is 62.5 Å². The van der Waals surface area contributed by atoms with Gasteiger partial charge in [-0.15, -0.1) is 0 Å². The maximum absolute atomic E-state index is 11.7. The van der Waals surface area contributed by atoms with Gasteiger partial charge in [0.05, 0.1) is 6.61 Å². The molecule has 0 bridgehead atoms. The summed E-state index contributed by atoms with van der Waals surface area (Å²) in [5, 5.41) is 48.3. The summed E-state index contributed by atoms with van der Waals surface area (Å²) in [7, 11) is 0. The summed E-state index contributed by atoms with van der Waals surface area (Å²) in [5.41, 5.74) is -1.13. The van der Waals surface area contributed by atoms with Crippen molar-refractivity contribution in [2.45, 2.75) is 30.5 Å². The van der Waals surface area contributed by atoms with Crippen LogP contribution in [0.2, 0.25) is 0 Å². The average Bonchev–Trinajstić information content (AvgIpc) is 2.58. The highest BCUT2D eigenvalue weighted by Gasteiger charge is 2.44. The molecule has 1 aromatic carbocycles. The van der Waals surface area contributed by atoms with Gasteiger partial charge in [0.15, 0.2) is 0 Å². The van der Waals surface area contributed by atoms with Crippen molar-refractivity contribution in [3.63, 3.8) is 0 Å². The molecule has 1 aromatic heterocycles. The molecule has 0 saturated carbocycles. The molecule has 1 aliphatic heterocycles. The van der Waals surface area contributed by atoms with Crippen LogP contribution < -0.4 is 5.63 Å². The molecule has 9 heteroatoms. The van der Waals surface area contributed by atoms with Crippen LogP contribution in [0.3, 0.4) is 0 Å². The third-order valence-electron chi connectivity index (χ3n) is 4.21. The minimum absolute atomic E-state index is 0.0736. The molecule has 2 heterocycles. The van der Waals surface area contributed by atoms with E-state index in [1.807, 2.05) is 0 Å². The molecule has 0 unspecified atom stereocenters. The zero-order valence-electron chi connectivity index (χ0n) is 12.8. The van der Waals surface area contributed by atoms with E-state index in [1.165, 1.54) is 24.3 Å². The van der Waals surface area contributed by atoms with Crippen molar-refractivity contribution in [1.29, 1.82) is 0 Å². The van der Waals surface area contributed by atoms with Gasteiger partial charge < -0.3 is 34.7 Å². The zero-order valence-corrected chi connectivity index (χ0v) is 12.8. The summed E-state index contributed by atoms with van der Waals surface area (Å²) in [6.07, 6.45) is -6.63. The molecule has 1 aliphatic rings. The second-order valence-corrected chi connectivity index (χ2v) is 5.80. The maximum Gasteiger partial charge on any atom is 0.351 e. The molecular weight excluding hydrogens is 336 g/mol. The van der Waals surface area contributed by atoms with Crippen molar-refractivity contribution in [1.82, 2.24) is 0 Å². The van der Waals surface area contributed by atoms with Crippen LogP contribution >= 0.6 is 0 Å². The number of carboxylic acids is 1. The fraction of sp³-hybridized carbons (Fsp3) is 0.375. The first-order valence-electron chi connectivity index (χ1n) is 7.45. The third-order valence-corrected chi connectivity index (χ3v) is 4.21. The van der Waals surface area contributed by atoms with Crippen LogP contribution in [0.4, 0.5) is 0 Å². The number of aromatic carboxylic acids is 1. The lowest BCUT2D eigenvalue weighted by atomic mass is 9.91. The Bertz CT molecular complexity index is 856. The molecule has 1 fully saturated rings. The fourth-order valence-electron chi connectivity index (χ4n) is 2.83. The van der Waals surface area contributed by atoms with Crippen LogP contribution in [0, 0.1) is 0 Å². The van der Waals surface area contributed by atoms with Gasteiger partial charge in [0.2, 0.25) is 0 Å². The van der Waals surface area contributed by atoms with Crippen LogP contribution in [0.1, 0.15) is 22.0 Å². The number of rotatable bonds is 3. The fourth-order valence-corrected chi connectivity index (χ4v) is 2.83. The molecule has 0 radical (unpaired) electrons. The summed E-state index contributed by atoms with van der Waals surface area (Å²) < 4.78 is 10.4. The Labute approximate surface area is 140 Å². The Balaban J connectivity index is 2.02. The Kier molecular flexibility index (Phi) is 4.58. The first-order chi connectivity index (χ1) is 11.8. The highest BCUT2D eigenvalue weighted by atomic mass is 16.5. The summed E-state index contributed by atoms with van der Waals surface area (Å²) in [6, 6.07) is 5.51. The summed E-state index contributed by atoms with van der Waals surface area (Å²) in [4.78, 5) is 22.7. The van der Waals surface area contributed by atoms with E-state index in [0.29, 0.717) is 10.9 Å². The first-order valence-corrected chi connectivity index (χ1v) is 7.45. The quantitative estimate of drug-likeness (QED) is 0.437. The highest BCUT2D eigenvalue weighted by molar-refractivity contribution is 5.91. The molecule has 134 valence electrons. The number of aliphatic hydroxyl groups excluding tert-OH is 4. The number of carbonyl (C=O) groups is 1.